The Bertz CT molecular complexity index is 835. The van der Waals surface area contributed by atoms with Crippen molar-refractivity contribution in [2.75, 3.05) is 25.0 Å². The number of nitrogens with zero attached hydrogens (tertiary/aromatic N) is 2. The van der Waals surface area contributed by atoms with Crippen LogP contribution in [-0.2, 0) is 11.3 Å². The highest BCUT2D eigenvalue weighted by Gasteiger charge is 2.32. The maximum Gasteiger partial charge on any atom is 0.251 e. The molecule has 0 spiro atoms. The quantitative estimate of drug-likeness (QED) is 0.780. The van der Waals surface area contributed by atoms with Crippen molar-refractivity contribution in [1.82, 2.24) is 10.2 Å². The first-order valence-electron chi connectivity index (χ1n) is 10.4. The Kier molecular flexibility index (Phi) is 7.04. The van der Waals surface area contributed by atoms with Crippen LogP contribution in [0.4, 0.5) is 5.69 Å². The zero-order chi connectivity index (χ0) is 20.8. The largest absolute Gasteiger partial charge is 0.352 e. The summed E-state index contributed by atoms with van der Waals surface area (Å²) in [4.78, 5) is 29.4. The highest BCUT2D eigenvalue weighted by atomic mass is 16.2. The summed E-state index contributed by atoms with van der Waals surface area (Å²) < 4.78 is 0. The molecule has 2 aromatic rings. The molecule has 0 aromatic heterocycles. The van der Waals surface area contributed by atoms with Crippen LogP contribution >= 0.6 is 0 Å². The van der Waals surface area contributed by atoms with Gasteiger partial charge in [0.1, 0.15) is 0 Å². The van der Waals surface area contributed by atoms with E-state index in [2.05, 4.69) is 24.1 Å². The van der Waals surface area contributed by atoms with Gasteiger partial charge in [-0.05, 0) is 55.6 Å². The molecule has 1 heterocycles. The van der Waals surface area contributed by atoms with Crippen molar-refractivity contribution in [1.29, 1.82) is 0 Å². The van der Waals surface area contributed by atoms with Crippen molar-refractivity contribution in [3.63, 3.8) is 0 Å². The molecule has 5 nitrogen and oxygen atoms in total. The predicted molar refractivity (Wildman–Crippen MR) is 117 cm³/mol. The summed E-state index contributed by atoms with van der Waals surface area (Å²) in [5, 5.41) is 2.96. The standard InChI is InChI=1S/C24H31N3O2/c1-18(2)16-25-23(28)20-10-7-9-19(15-20)17-26(3)22-13-8-14-27(24(22)29)21-11-5-4-6-12-21/h4-7,9-12,15,18,22H,8,13-14,16-17H2,1-3H3,(H,25,28). The maximum absolute atomic E-state index is 13.1. The number of carbonyl (C=O) groups excluding carboxylic acids is 2. The Hall–Kier alpha value is -2.66. The number of piperidine rings is 1. The summed E-state index contributed by atoms with van der Waals surface area (Å²) in [7, 11) is 1.99. The molecule has 2 amide bonds. The van der Waals surface area contributed by atoms with Crippen LogP contribution < -0.4 is 10.2 Å². The van der Waals surface area contributed by atoms with Gasteiger partial charge in [0, 0.05) is 30.9 Å². The van der Waals surface area contributed by atoms with Crippen molar-refractivity contribution in [2.24, 2.45) is 5.92 Å². The van der Waals surface area contributed by atoms with Crippen LogP contribution in [0, 0.1) is 5.92 Å². The zero-order valence-electron chi connectivity index (χ0n) is 17.6. The minimum absolute atomic E-state index is 0.0489. The maximum atomic E-state index is 13.1. The first-order valence-corrected chi connectivity index (χ1v) is 10.4. The van der Waals surface area contributed by atoms with Crippen LogP contribution in [-0.4, -0.2) is 42.9 Å². The fraction of sp³-hybridized carbons (Fsp3) is 0.417. The van der Waals surface area contributed by atoms with Crippen molar-refractivity contribution in [3.8, 4) is 0 Å². The van der Waals surface area contributed by atoms with Gasteiger partial charge in [0.05, 0.1) is 6.04 Å². The molecule has 1 aliphatic heterocycles. The highest BCUT2D eigenvalue weighted by molar-refractivity contribution is 5.98. The number of rotatable bonds is 7. The van der Waals surface area contributed by atoms with Gasteiger partial charge in [-0.25, -0.2) is 0 Å². The Balaban J connectivity index is 1.66. The van der Waals surface area contributed by atoms with Crippen LogP contribution in [0.1, 0.15) is 42.6 Å². The lowest BCUT2D eigenvalue weighted by molar-refractivity contribution is -0.125. The summed E-state index contributed by atoms with van der Waals surface area (Å²) in [5.41, 5.74) is 2.66. The van der Waals surface area contributed by atoms with E-state index in [0.717, 1.165) is 30.6 Å². The number of carbonyl (C=O) groups is 2. The third-order valence-electron chi connectivity index (χ3n) is 5.30. The summed E-state index contributed by atoms with van der Waals surface area (Å²) in [6, 6.07) is 17.4. The Labute approximate surface area is 173 Å². The monoisotopic (exact) mass is 393 g/mol. The van der Waals surface area contributed by atoms with Crippen LogP contribution in [0.25, 0.3) is 0 Å². The molecule has 0 radical (unpaired) electrons. The van der Waals surface area contributed by atoms with Crippen molar-refractivity contribution in [3.05, 3.63) is 65.7 Å². The van der Waals surface area contributed by atoms with Gasteiger partial charge < -0.3 is 10.2 Å². The number of benzene rings is 2. The molecule has 2 aromatic carbocycles. The van der Waals surface area contributed by atoms with Gasteiger partial charge in [-0.2, -0.15) is 0 Å². The summed E-state index contributed by atoms with van der Waals surface area (Å²) in [6.07, 6.45) is 1.83. The first kappa shape index (κ1) is 21.1. The molecule has 1 aliphatic rings. The van der Waals surface area contributed by atoms with Crippen molar-refractivity contribution < 1.29 is 9.59 Å². The van der Waals surface area contributed by atoms with E-state index < -0.39 is 0 Å². The molecule has 0 aliphatic carbocycles. The summed E-state index contributed by atoms with van der Waals surface area (Å²) in [6.45, 7) is 6.20. The number of amides is 2. The molecule has 1 atom stereocenters. The fourth-order valence-corrected chi connectivity index (χ4v) is 3.74. The minimum Gasteiger partial charge on any atom is -0.352 e. The second-order valence-corrected chi connectivity index (χ2v) is 8.20. The van der Waals surface area contributed by atoms with E-state index in [4.69, 9.17) is 0 Å². The SMILES string of the molecule is CC(C)CNC(=O)c1cccc(CN(C)C2CCCN(c3ccccc3)C2=O)c1. The van der Waals surface area contributed by atoms with E-state index in [9.17, 15) is 9.59 Å². The Morgan fingerprint density at radius 1 is 1.17 bits per heavy atom. The van der Waals surface area contributed by atoms with Gasteiger partial charge in [0.2, 0.25) is 5.91 Å². The smallest absolute Gasteiger partial charge is 0.251 e. The number of anilines is 1. The molecule has 154 valence electrons. The normalized spacial score (nSPS) is 17.1. The average Bonchev–Trinajstić information content (AvgIpc) is 2.73. The van der Waals surface area contributed by atoms with Gasteiger partial charge in [-0.3, -0.25) is 14.5 Å². The van der Waals surface area contributed by atoms with E-state index >= 15 is 0 Å². The number of hydrogen-bond donors (Lipinski definition) is 1. The lowest BCUT2D eigenvalue weighted by Gasteiger charge is -2.37. The highest BCUT2D eigenvalue weighted by Crippen LogP contribution is 2.24. The number of likely N-dealkylation sites (N-methyl/N-ethyl adjacent to an activating group) is 1. The van der Waals surface area contributed by atoms with Crippen molar-refractivity contribution >= 4 is 17.5 Å². The Morgan fingerprint density at radius 3 is 2.66 bits per heavy atom. The summed E-state index contributed by atoms with van der Waals surface area (Å²) >= 11 is 0. The molecule has 1 saturated heterocycles. The molecular formula is C24H31N3O2. The molecular weight excluding hydrogens is 362 g/mol. The molecule has 0 saturated carbocycles. The molecule has 0 bridgehead atoms. The molecule has 1 unspecified atom stereocenters. The Morgan fingerprint density at radius 2 is 1.93 bits per heavy atom. The second-order valence-electron chi connectivity index (χ2n) is 8.20. The number of hydrogen-bond acceptors (Lipinski definition) is 3. The third-order valence-corrected chi connectivity index (χ3v) is 5.30. The van der Waals surface area contributed by atoms with Gasteiger partial charge in [0.25, 0.3) is 5.91 Å². The molecule has 29 heavy (non-hydrogen) atoms. The van der Waals surface area contributed by atoms with Crippen LogP contribution in [0.5, 0.6) is 0 Å². The number of nitrogens with one attached hydrogen (secondary N) is 1. The van der Waals surface area contributed by atoms with Crippen LogP contribution in [0.15, 0.2) is 54.6 Å². The van der Waals surface area contributed by atoms with Crippen molar-refractivity contribution in [2.45, 2.75) is 39.3 Å². The van der Waals surface area contributed by atoms with E-state index in [-0.39, 0.29) is 17.9 Å². The van der Waals surface area contributed by atoms with Gasteiger partial charge in [-0.15, -0.1) is 0 Å². The minimum atomic E-state index is -0.151. The van der Waals surface area contributed by atoms with E-state index in [1.165, 1.54) is 0 Å². The first-order chi connectivity index (χ1) is 14.0. The fourth-order valence-electron chi connectivity index (χ4n) is 3.74. The van der Waals surface area contributed by atoms with E-state index in [0.29, 0.717) is 24.6 Å². The zero-order valence-corrected chi connectivity index (χ0v) is 17.6. The summed E-state index contributed by atoms with van der Waals surface area (Å²) in [5.74, 6) is 0.515. The van der Waals surface area contributed by atoms with E-state index in [1.807, 2.05) is 66.5 Å². The molecule has 1 fully saturated rings. The lowest BCUT2D eigenvalue weighted by atomic mass is 10.0. The second kappa shape index (κ2) is 9.70. The third kappa shape index (κ3) is 5.45. The lowest BCUT2D eigenvalue weighted by Crippen LogP contribution is -2.51. The van der Waals surface area contributed by atoms with E-state index in [1.54, 1.807) is 0 Å². The van der Waals surface area contributed by atoms with Crippen LogP contribution in [0.2, 0.25) is 0 Å². The molecule has 3 rings (SSSR count). The predicted octanol–water partition coefficient (Wildman–Crippen LogP) is 3.70. The molecule has 5 heteroatoms. The van der Waals surface area contributed by atoms with Gasteiger partial charge >= 0.3 is 0 Å². The average molecular weight is 394 g/mol. The van der Waals surface area contributed by atoms with Gasteiger partial charge in [-0.1, -0.05) is 44.2 Å². The topological polar surface area (TPSA) is 52.7 Å². The number of para-hydroxylation sites is 1. The van der Waals surface area contributed by atoms with Gasteiger partial charge in [0.15, 0.2) is 0 Å². The van der Waals surface area contributed by atoms with Crippen LogP contribution in [0.3, 0.4) is 0 Å². The molecule has 1 N–H and O–H groups in total.